The van der Waals surface area contributed by atoms with E-state index in [2.05, 4.69) is 10.4 Å². The minimum atomic E-state index is -1.00. The Hall–Kier alpha value is -2.83. The summed E-state index contributed by atoms with van der Waals surface area (Å²) in [5.41, 5.74) is 1.47. The van der Waals surface area contributed by atoms with Crippen LogP contribution in [0.25, 0.3) is 0 Å². The summed E-state index contributed by atoms with van der Waals surface area (Å²) >= 11 is 0. The number of anilines is 1. The summed E-state index contributed by atoms with van der Waals surface area (Å²) in [6, 6.07) is 7.38. The number of hydrogen-bond donors (Lipinski definition) is 2. The van der Waals surface area contributed by atoms with Crippen molar-refractivity contribution in [3.05, 3.63) is 42.2 Å². The summed E-state index contributed by atoms with van der Waals surface area (Å²) in [4.78, 5) is 22.2. The molecular formula is C14H15N3O4. The number of nitrogens with zero attached hydrogens (tertiary/aromatic N) is 2. The van der Waals surface area contributed by atoms with Gasteiger partial charge in [0.1, 0.15) is 12.3 Å². The molecule has 0 unspecified atom stereocenters. The van der Waals surface area contributed by atoms with Crippen LogP contribution in [0.3, 0.4) is 0 Å². The molecule has 7 heteroatoms. The predicted octanol–water partition coefficient (Wildman–Crippen LogP) is 1.29. The molecule has 0 saturated heterocycles. The first-order valence-corrected chi connectivity index (χ1v) is 6.26. The van der Waals surface area contributed by atoms with Crippen LogP contribution in [0.4, 0.5) is 5.69 Å². The van der Waals surface area contributed by atoms with Gasteiger partial charge in [0.2, 0.25) is 0 Å². The molecule has 2 aromatic rings. The van der Waals surface area contributed by atoms with Gasteiger partial charge in [0, 0.05) is 6.20 Å². The Morgan fingerprint density at radius 2 is 2.24 bits per heavy atom. The number of nitrogens with one attached hydrogen (secondary N) is 1. The molecule has 0 aliphatic carbocycles. The molecule has 1 heterocycles. The zero-order valence-electron chi connectivity index (χ0n) is 11.4. The summed E-state index contributed by atoms with van der Waals surface area (Å²) in [5, 5.41) is 15.0. The molecule has 110 valence electrons. The number of rotatable bonds is 6. The van der Waals surface area contributed by atoms with Gasteiger partial charge in [-0.1, -0.05) is 12.1 Å². The fourth-order valence-electron chi connectivity index (χ4n) is 1.70. The van der Waals surface area contributed by atoms with Gasteiger partial charge in [-0.15, -0.1) is 0 Å². The van der Waals surface area contributed by atoms with Crippen molar-refractivity contribution in [1.82, 2.24) is 9.78 Å². The smallest absolute Gasteiger partial charge is 0.325 e. The van der Waals surface area contributed by atoms with E-state index in [1.807, 2.05) is 25.1 Å². The Morgan fingerprint density at radius 1 is 1.43 bits per heavy atom. The Morgan fingerprint density at radius 3 is 2.95 bits per heavy atom. The Balaban J connectivity index is 1.84. The van der Waals surface area contributed by atoms with Gasteiger partial charge in [-0.25, -0.2) is 0 Å². The number of aliphatic carboxylic acids is 1. The third-order valence-electron chi connectivity index (χ3n) is 2.57. The first-order chi connectivity index (χ1) is 10.0. The highest BCUT2D eigenvalue weighted by molar-refractivity contribution is 5.91. The second-order valence-corrected chi connectivity index (χ2v) is 4.47. The molecule has 0 saturated carbocycles. The van der Waals surface area contributed by atoms with Crippen molar-refractivity contribution in [2.75, 3.05) is 11.9 Å². The molecule has 1 aromatic heterocycles. The van der Waals surface area contributed by atoms with Crippen LogP contribution in [-0.4, -0.2) is 33.4 Å². The van der Waals surface area contributed by atoms with E-state index in [0.717, 1.165) is 5.56 Å². The van der Waals surface area contributed by atoms with Gasteiger partial charge in [-0.3, -0.25) is 14.3 Å². The third kappa shape index (κ3) is 4.64. The van der Waals surface area contributed by atoms with E-state index in [-0.39, 0.29) is 19.1 Å². The number of carboxylic acids is 1. The normalized spacial score (nSPS) is 10.1. The molecule has 2 rings (SSSR count). The zero-order chi connectivity index (χ0) is 15.2. The second kappa shape index (κ2) is 6.56. The molecule has 0 radical (unpaired) electrons. The van der Waals surface area contributed by atoms with E-state index in [9.17, 15) is 9.59 Å². The van der Waals surface area contributed by atoms with Crippen LogP contribution in [-0.2, 0) is 16.1 Å². The first kappa shape index (κ1) is 14.6. The maximum absolute atomic E-state index is 11.7. The molecule has 1 amide bonds. The van der Waals surface area contributed by atoms with Crippen molar-refractivity contribution in [3.63, 3.8) is 0 Å². The van der Waals surface area contributed by atoms with Crippen LogP contribution in [0.1, 0.15) is 5.56 Å². The average molecular weight is 289 g/mol. The molecule has 2 N–H and O–H groups in total. The quantitative estimate of drug-likeness (QED) is 0.836. The van der Waals surface area contributed by atoms with Gasteiger partial charge in [0.15, 0.2) is 6.61 Å². The minimum absolute atomic E-state index is 0.131. The monoisotopic (exact) mass is 289 g/mol. The molecule has 0 bridgehead atoms. The van der Waals surface area contributed by atoms with Gasteiger partial charge in [0.25, 0.3) is 5.91 Å². The number of benzene rings is 1. The van der Waals surface area contributed by atoms with Gasteiger partial charge in [-0.05, 0) is 24.6 Å². The fourth-order valence-corrected chi connectivity index (χ4v) is 1.70. The fraction of sp³-hybridized carbons (Fsp3) is 0.214. The lowest BCUT2D eigenvalue weighted by molar-refractivity contribution is -0.137. The van der Waals surface area contributed by atoms with Crippen molar-refractivity contribution < 1.29 is 19.4 Å². The van der Waals surface area contributed by atoms with Crippen molar-refractivity contribution in [2.45, 2.75) is 13.5 Å². The van der Waals surface area contributed by atoms with Crippen molar-refractivity contribution >= 4 is 17.6 Å². The SMILES string of the molecule is Cc1cccc(OCC(=O)Nc2cnn(CC(=O)O)c2)c1. The highest BCUT2D eigenvalue weighted by Crippen LogP contribution is 2.12. The van der Waals surface area contributed by atoms with Crippen molar-refractivity contribution in [1.29, 1.82) is 0 Å². The molecule has 1 aromatic carbocycles. The molecule has 0 spiro atoms. The lowest BCUT2D eigenvalue weighted by atomic mass is 10.2. The highest BCUT2D eigenvalue weighted by Gasteiger charge is 2.07. The zero-order valence-corrected chi connectivity index (χ0v) is 11.4. The largest absolute Gasteiger partial charge is 0.484 e. The summed E-state index contributed by atoms with van der Waals surface area (Å²) in [6.07, 6.45) is 2.83. The average Bonchev–Trinajstić information content (AvgIpc) is 2.83. The van der Waals surface area contributed by atoms with Crippen LogP contribution < -0.4 is 10.1 Å². The van der Waals surface area contributed by atoms with Gasteiger partial charge < -0.3 is 15.2 Å². The summed E-state index contributed by atoms with van der Waals surface area (Å²) in [6.45, 7) is 1.55. The number of carbonyl (C=O) groups excluding carboxylic acids is 1. The Kier molecular flexibility index (Phi) is 4.55. The number of hydrogen-bond acceptors (Lipinski definition) is 4. The maximum Gasteiger partial charge on any atom is 0.325 e. The number of aromatic nitrogens is 2. The molecule has 0 fully saturated rings. The summed E-state index contributed by atoms with van der Waals surface area (Å²) in [5.74, 6) is -0.725. The van der Waals surface area contributed by atoms with E-state index in [4.69, 9.17) is 9.84 Å². The van der Waals surface area contributed by atoms with E-state index in [1.165, 1.54) is 17.1 Å². The second-order valence-electron chi connectivity index (χ2n) is 4.47. The lowest BCUT2D eigenvalue weighted by Gasteiger charge is -2.06. The van der Waals surface area contributed by atoms with Crippen LogP contribution in [0.15, 0.2) is 36.7 Å². The number of carboxylic acid groups (broad SMARTS) is 1. The van der Waals surface area contributed by atoms with Gasteiger partial charge in [-0.2, -0.15) is 5.10 Å². The molecule has 0 aliphatic rings. The Bertz CT molecular complexity index is 651. The summed E-state index contributed by atoms with van der Waals surface area (Å²) < 4.78 is 6.58. The highest BCUT2D eigenvalue weighted by atomic mass is 16.5. The summed E-state index contributed by atoms with van der Waals surface area (Å²) in [7, 11) is 0. The Labute approximate surface area is 121 Å². The van der Waals surface area contributed by atoms with E-state index in [0.29, 0.717) is 11.4 Å². The molecule has 0 aliphatic heterocycles. The van der Waals surface area contributed by atoms with E-state index >= 15 is 0 Å². The van der Waals surface area contributed by atoms with Crippen LogP contribution >= 0.6 is 0 Å². The first-order valence-electron chi connectivity index (χ1n) is 6.26. The number of aryl methyl sites for hydroxylation is 1. The number of ether oxygens (including phenoxy) is 1. The number of carbonyl (C=O) groups is 2. The van der Waals surface area contributed by atoms with Crippen molar-refractivity contribution in [3.8, 4) is 5.75 Å². The van der Waals surface area contributed by atoms with Gasteiger partial charge >= 0.3 is 5.97 Å². The van der Waals surface area contributed by atoms with Crippen LogP contribution in [0.5, 0.6) is 5.75 Å². The third-order valence-corrected chi connectivity index (χ3v) is 2.57. The van der Waals surface area contributed by atoms with Crippen molar-refractivity contribution in [2.24, 2.45) is 0 Å². The van der Waals surface area contributed by atoms with Crippen LogP contribution in [0, 0.1) is 6.92 Å². The molecular weight excluding hydrogens is 274 g/mol. The molecule has 21 heavy (non-hydrogen) atoms. The van der Waals surface area contributed by atoms with E-state index in [1.54, 1.807) is 6.07 Å². The maximum atomic E-state index is 11.7. The number of amides is 1. The predicted molar refractivity (Wildman–Crippen MR) is 75.2 cm³/mol. The van der Waals surface area contributed by atoms with E-state index < -0.39 is 5.97 Å². The topological polar surface area (TPSA) is 93.5 Å². The van der Waals surface area contributed by atoms with Gasteiger partial charge in [0.05, 0.1) is 11.9 Å². The minimum Gasteiger partial charge on any atom is -0.484 e. The standard InChI is InChI=1S/C14H15N3O4/c1-10-3-2-4-12(5-10)21-9-13(18)16-11-6-15-17(7-11)8-14(19)20/h2-7H,8-9H2,1H3,(H,16,18)(H,19,20). The van der Waals surface area contributed by atoms with Crippen LogP contribution in [0.2, 0.25) is 0 Å². The lowest BCUT2D eigenvalue weighted by Crippen LogP contribution is -2.20. The molecule has 7 nitrogen and oxygen atoms in total. The molecule has 0 atom stereocenters.